The molecule has 3 nitrogen and oxygen atoms in total. The molecule has 33 heavy (non-hydrogen) atoms. The number of rotatable bonds is 2. The molecule has 1 unspecified atom stereocenters. The summed E-state index contributed by atoms with van der Waals surface area (Å²) in [5.41, 5.74) is 6.42. The molecule has 3 aromatic carbocycles. The third kappa shape index (κ3) is 5.22. The molecule has 1 atom stereocenters. The van der Waals surface area contributed by atoms with E-state index in [1.807, 2.05) is 60.9 Å². The van der Waals surface area contributed by atoms with Crippen LogP contribution < -0.4 is 0 Å². The van der Waals surface area contributed by atoms with Crippen LogP contribution in [0.3, 0.4) is 0 Å². The van der Waals surface area contributed by atoms with Crippen molar-refractivity contribution in [2.45, 2.75) is 12.6 Å². The van der Waals surface area contributed by atoms with Crippen LogP contribution in [0.4, 0.5) is 4.39 Å². The molecular formula is C28H21FIrN3. The molecule has 0 saturated carbocycles. The molecule has 0 fully saturated rings. The molecule has 0 N–H and O–H groups in total. The topological polar surface area (TPSA) is 30.2 Å². The Kier molecular flexibility index (Phi) is 7.33. The summed E-state index contributed by atoms with van der Waals surface area (Å²) in [6, 6.07) is 30.8. The Balaban J connectivity index is 0.000000162. The van der Waals surface area contributed by atoms with Crippen molar-refractivity contribution in [2.75, 3.05) is 6.54 Å². The van der Waals surface area contributed by atoms with Crippen molar-refractivity contribution in [3.8, 4) is 22.4 Å². The molecule has 164 valence electrons. The Morgan fingerprint density at radius 2 is 1.82 bits per heavy atom. The first-order chi connectivity index (χ1) is 15.8. The molecule has 0 bridgehead atoms. The number of pyridine rings is 1. The second kappa shape index (κ2) is 10.6. The van der Waals surface area contributed by atoms with E-state index in [1.165, 1.54) is 23.3 Å². The van der Waals surface area contributed by atoms with Crippen LogP contribution in [-0.2, 0) is 26.5 Å². The van der Waals surface area contributed by atoms with E-state index >= 15 is 0 Å². The summed E-state index contributed by atoms with van der Waals surface area (Å²) in [5.74, 6) is -0.287. The SMILES string of the molecule is Fc1c[c-]c(-c2ccc(-c3ccccc3)cn2)cc1.[Ir+3].[c-]1cccc2c1C1[N-]C=CN1CC2. The monoisotopic (exact) mass is 611 g/mol. The second-order valence-electron chi connectivity index (χ2n) is 7.64. The second-order valence-corrected chi connectivity index (χ2v) is 7.64. The number of fused-ring (bicyclic) bond motifs is 3. The van der Waals surface area contributed by atoms with Crippen molar-refractivity contribution < 1.29 is 24.5 Å². The summed E-state index contributed by atoms with van der Waals surface area (Å²) in [6.45, 7) is 1.08. The van der Waals surface area contributed by atoms with Gasteiger partial charge in [-0.25, -0.2) is 0 Å². The van der Waals surface area contributed by atoms with Gasteiger partial charge in [0.25, 0.3) is 0 Å². The fourth-order valence-electron chi connectivity index (χ4n) is 3.92. The third-order valence-corrected chi connectivity index (χ3v) is 5.60. The first kappa shape index (κ1) is 22.9. The minimum Gasteiger partial charge on any atom is -0.668 e. The molecule has 4 aromatic rings. The van der Waals surface area contributed by atoms with Crippen molar-refractivity contribution >= 4 is 0 Å². The molecule has 5 heteroatoms. The molecule has 6 rings (SSSR count). The minimum atomic E-state index is -0.287. The molecule has 1 aromatic heterocycles. The smallest absolute Gasteiger partial charge is 0.668 e. The fourth-order valence-corrected chi connectivity index (χ4v) is 3.92. The zero-order valence-electron chi connectivity index (χ0n) is 17.8. The van der Waals surface area contributed by atoms with Gasteiger partial charge in [0, 0.05) is 18.6 Å². The van der Waals surface area contributed by atoms with E-state index in [2.05, 4.69) is 45.7 Å². The molecule has 0 saturated heterocycles. The van der Waals surface area contributed by atoms with Gasteiger partial charge in [-0.15, -0.1) is 29.8 Å². The normalized spacial score (nSPS) is 15.3. The van der Waals surface area contributed by atoms with Crippen LogP contribution in [0.2, 0.25) is 0 Å². The van der Waals surface area contributed by atoms with Gasteiger partial charge >= 0.3 is 20.1 Å². The van der Waals surface area contributed by atoms with Crippen LogP contribution in [0, 0.1) is 17.9 Å². The number of aromatic nitrogens is 1. The maximum absolute atomic E-state index is 12.8. The first-order valence-corrected chi connectivity index (χ1v) is 10.6. The fraction of sp³-hybridized carbons (Fsp3) is 0.107. The molecule has 2 aliphatic rings. The van der Waals surface area contributed by atoms with Gasteiger partial charge in [0.2, 0.25) is 0 Å². The molecule has 3 heterocycles. The molecule has 0 amide bonds. The molecular weight excluding hydrogens is 590 g/mol. The van der Waals surface area contributed by atoms with Crippen LogP contribution in [0.1, 0.15) is 17.3 Å². The minimum absolute atomic E-state index is 0. The number of hydrogen-bond acceptors (Lipinski definition) is 2. The number of nitrogens with zero attached hydrogens (tertiary/aromatic N) is 3. The van der Waals surface area contributed by atoms with Gasteiger partial charge in [-0.05, 0) is 29.2 Å². The summed E-state index contributed by atoms with van der Waals surface area (Å²) >= 11 is 0. The first-order valence-electron chi connectivity index (χ1n) is 10.6. The molecule has 0 aliphatic carbocycles. The van der Waals surface area contributed by atoms with Crippen LogP contribution >= 0.6 is 0 Å². The van der Waals surface area contributed by atoms with Crippen molar-refractivity contribution in [1.29, 1.82) is 0 Å². The Morgan fingerprint density at radius 3 is 2.58 bits per heavy atom. The number of benzene rings is 3. The van der Waals surface area contributed by atoms with Crippen molar-refractivity contribution in [3.05, 3.63) is 132 Å². The number of halogens is 1. The van der Waals surface area contributed by atoms with Crippen LogP contribution in [0.25, 0.3) is 27.7 Å². The summed E-state index contributed by atoms with van der Waals surface area (Å²) < 4.78 is 12.8. The van der Waals surface area contributed by atoms with Crippen molar-refractivity contribution in [2.24, 2.45) is 0 Å². The molecule has 0 radical (unpaired) electrons. The van der Waals surface area contributed by atoms with Gasteiger partial charge in [0.15, 0.2) is 0 Å². The zero-order valence-corrected chi connectivity index (χ0v) is 20.2. The zero-order chi connectivity index (χ0) is 21.8. The maximum atomic E-state index is 12.8. The van der Waals surface area contributed by atoms with E-state index in [0.29, 0.717) is 0 Å². The van der Waals surface area contributed by atoms with E-state index in [4.69, 9.17) is 0 Å². The van der Waals surface area contributed by atoms with E-state index in [0.717, 1.165) is 35.3 Å². The van der Waals surface area contributed by atoms with E-state index < -0.39 is 0 Å². The molecule has 2 aliphatic heterocycles. The summed E-state index contributed by atoms with van der Waals surface area (Å²) in [5, 5.41) is 4.41. The Hall–Kier alpha value is -3.27. The summed E-state index contributed by atoms with van der Waals surface area (Å²) in [4.78, 5) is 6.66. The summed E-state index contributed by atoms with van der Waals surface area (Å²) in [7, 11) is 0. The quantitative estimate of drug-likeness (QED) is 0.241. The Bertz CT molecular complexity index is 1210. The average molecular weight is 611 g/mol. The Morgan fingerprint density at radius 1 is 0.939 bits per heavy atom. The van der Waals surface area contributed by atoms with E-state index in [9.17, 15) is 4.39 Å². The van der Waals surface area contributed by atoms with Crippen LogP contribution in [-0.4, -0.2) is 16.4 Å². The maximum Gasteiger partial charge on any atom is 3.00 e. The van der Waals surface area contributed by atoms with Crippen molar-refractivity contribution in [1.82, 2.24) is 9.88 Å². The third-order valence-electron chi connectivity index (χ3n) is 5.60. The van der Waals surface area contributed by atoms with Gasteiger partial charge in [-0.2, -0.15) is 41.6 Å². The van der Waals surface area contributed by atoms with E-state index in [1.54, 1.807) is 6.07 Å². The average Bonchev–Trinajstić information content (AvgIpc) is 3.35. The largest absolute Gasteiger partial charge is 3.00 e. The van der Waals surface area contributed by atoms with Crippen LogP contribution in [0.15, 0.2) is 97.5 Å². The molecule has 0 spiro atoms. The van der Waals surface area contributed by atoms with Gasteiger partial charge in [0.05, 0.1) is 0 Å². The van der Waals surface area contributed by atoms with Crippen LogP contribution in [0.5, 0.6) is 0 Å². The van der Waals surface area contributed by atoms with Gasteiger partial charge in [-0.3, -0.25) is 4.39 Å². The predicted molar refractivity (Wildman–Crippen MR) is 125 cm³/mol. The van der Waals surface area contributed by atoms with Gasteiger partial charge in [0.1, 0.15) is 0 Å². The Labute approximate surface area is 207 Å². The number of hydrogen-bond donors (Lipinski definition) is 0. The standard InChI is InChI=1S/C17H11FN.C11H10N2.Ir/c18-16-9-6-14(7-10-16)17-11-8-15(12-19-17)13-4-2-1-3-5-13;1-2-4-10-9(3-1)5-7-13-8-6-12-11(10)13;/h1-6,8-12H;1-3,6,8,11H,5,7H2;/q-1;-2;+3. The van der Waals surface area contributed by atoms with Crippen molar-refractivity contribution in [3.63, 3.8) is 0 Å². The predicted octanol–water partition coefficient (Wildman–Crippen LogP) is 6.55. The van der Waals surface area contributed by atoms with Gasteiger partial charge in [-0.1, -0.05) is 48.9 Å². The van der Waals surface area contributed by atoms with E-state index in [-0.39, 0.29) is 32.1 Å². The van der Waals surface area contributed by atoms with Gasteiger partial charge < -0.3 is 15.2 Å². The summed E-state index contributed by atoms with van der Waals surface area (Å²) in [6.07, 6.45) is 7.10.